The topological polar surface area (TPSA) is 78.7 Å². The molecule has 1 N–H and O–H groups in total. The number of nitriles is 1. The van der Waals surface area contributed by atoms with E-state index in [2.05, 4.69) is 22.4 Å². The maximum absolute atomic E-state index is 12.0. The van der Waals surface area contributed by atoms with E-state index < -0.39 is 0 Å². The number of nitrogens with zero attached hydrogens (tertiary/aromatic N) is 3. The number of carbonyl (C=O) groups is 1. The first-order valence-corrected chi connectivity index (χ1v) is 7.18. The minimum Gasteiger partial charge on any atom is -0.296 e. The monoisotopic (exact) mass is 286 g/mol. The molecule has 2 aromatic rings. The zero-order chi connectivity index (χ0) is 14.4. The van der Waals surface area contributed by atoms with Crippen molar-refractivity contribution in [2.75, 3.05) is 5.32 Å². The van der Waals surface area contributed by atoms with Crippen molar-refractivity contribution in [1.82, 2.24) is 10.2 Å². The zero-order valence-electron chi connectivity index (χ0n) is 11.1. The Kier molecular flexibility index (Phi) is 4.80. The highest BCUT2D eigenvalue weighted by atomic mass is 32.1. The summed E-state index contributed by atoms with van der Waals surface area (Å²) < 4.78 is 0. The molecule has 0 aliphatic heterocycles. The van der Waals surface area contributed by atoms with E-state index in [1.54, 1.807) is 24.3 Å². The summed E-state index contributed by atoms with van der Waals surface area (Å²) in [6.45, 7) is 2.12. The van der Waals surface area contributed by atoms with E-state index in [1.807, 2.05) is 6.07 Å². The van der Waals surface area contributed by atoms with Gasteiger partial charge >= 0.3 is 0 Å². The molecule has 0 radical (unpaired) electrons. The Labute approximate surface area is 121 Å². The fourth-order valence-corrected chi connectivity index (χ4v) is 2.41. The number of unbranched alkanes of at least 4 members (excludes halogenated alkanes) is 1. The molecule has 20 heavy (non-hydrogen) atoms. The average molecular weight is 286 g/mol. The third-order valence-corrected chi connectivity index (χ3v) is 3.58. The lowest BCUT2D eigenvalue weighted by molar-refractivity contribution is 0.102. The summed E-state index contributed by atoms with van der Waals surface area (Å²) in [4.78, 5) is 12.0. The van der Waals surface area contributed by atoms with Crippen molar-refractivity contribution in [3.05, 3.63) is 40.4 Å². The van der Waals surface area contributed by atoms with Crippen molar-refractivity contribution in [3.63, 3.8) is 0 Å². The molecule has 1 heterocycles. The highest BCUT2D eigenvalue weighted by Gasteiger charge is 2.10. The van der Waals surface area contributed by atoms with Gasteiger partial charge in [0.05, 0.1) is 11.6 Å². The van der Waals surface area contributed by atoms with Crippen molar-refractivity contribution in [2.45, 2.75) is 26.2 Å². The molecule has 0 unspecified atom stereocenters. The van der Waals surface area contributed by atoms with Gasteiger partial charge in [-0.1, -0.05) is 30.7 Å². The van der Waals surface area contributed by atoms with E-state index >= 15 is 0 Å². The van der Waals surface area contributed by atoms with Crippen molar-refractivity contribution >= 4 is 22.4 Å². The molecule has 1 aromatic heterocycles. The van der Waals surface area contributed by atoms with E-state index in [1.165, 1.54) is 11.3 Å². The minimum absolute atomic E-state index is 0.278. The molecular weight excluding hydrogens is 272 g/mol. The summed E-state index contributed by atoms with van der Waals surface area (Å²) >= 11 is 1.39. The van der Waals surface area contributed by atoms with Crippen LogP contribution in [0.4, 0.5) is 5.13 Å². The van der Waals surface area contributed by atoms with Gasteiger partial charge in [-0.3, -0.25) is 10.1 Å². The Balaban J connectivity index is 2.03. The van der Waals surface area contributed by atoms with Crippen LogP contribution in [0.1, 0.15) is 40.7 Å². The zero-order valence-corrected chi connectivity index (χ0v) is 11.9. The minimum atomic E-state index is -0.278. The van der Waals surface area contributed by atoms with Gasteiger partial charge in [0.1, 0.15) is 5.01 Å². The Morgan fingerprint density at radius 2 is 2.30 bits per heavy atom. The van der Waals surface area contributed by atoms with E-state index in [0.717, 1.165) is 24.3 Å². The predicted molar refractivity (Wildman–Crippen MR) is 77.6 cm³/mol. The van der Waals surface area contributed by atoms with Crippen LogP contribution >= 0.6 is 11.3 Å². The molecular formula is C14H14N4OS. The summed E-state index contributed by atoms with van der Waals surface area (Å²) in [5, 5.41) is 20.9. The molecule has 1 amide bonds. The highest BCUT2D eigenvalue weighted by molar-refractivity contribution is 7.15. The number of hydrogen-bond acceptors (Lipinski definition) is 5. The quantitative estimate of drug-likeness (QED) is 0.916. The molecule has 2 rings (SSSR count). The molecule has 0 atom stereocenters. The van der Waals surface area contributed by atoms with Gasteiger partial charge < -0.3 is 0 Å². The summed E-state index contributed by atoms with van der Waals surface area (Å²) in [6.07, 6.45) is 3.04. The molecule has 5 nitrogen and oxygen atoms in total. The van der Waals surface area contributed by atoms with Gasteiger partial charge in [-0.2, -0.15) is 5.26 Å². The van der Waals surface area contributed by atoms with Crippen LogP contribution in [0.2, 0.25) is 0 Å². The Bertz CT molecular complexity index is 645. The number of hydrogen-bond donors (Lipinski definition) is 1. The molecule has 0 saturated heterocycles. The fraction of sp³-hybridized carbons (Fsp3) is 0.286. The van der Waals surface area contributed by atoms with Crippen LogP contribution < -0.4 is 5.32 Å². The summed E-state index contributed by atoms with van der Waals surface area (Å²) in [5.74, 6) is -0.278. The lowest BCUT2D eigenvalue weighted by atomic mass is 10.1. The van der Waals surface area contributed by atoms with Crippen LogP contribution in [0.5, 0.6) is 0 Å². The van der Waals surface area contributed by atoms with Gasteiger partial charge in [0.15, 0.2) is 0 Å². The van der Waals surface area contributed by atoms with Crippen molar-refractivity contribution in [2.24, 2.45) is 0 Å². The average Bonchev–Trinajstić information content (AvgIpc) is 2.92. The third-order valence-electron chi connectivity index (χ3n) is 2.69. The molecule has 0 saturated carbocycles. The van der Waals surface area contributed by atoms with Gasteiger partial charge in [0, 0.05) is 12.0 Å². The highest BCUT2D eigenvalue weighted by Crippen LogP contribution is 2.18. The second kappa shape index (κ2) is 6.78. The van der Waals surface area contributed by atoms with Crippen molar-refractivity contribution < 1.29 is 4.79 Å². The maximum Gasteiger partial charge on any atom is 0.257 e. The van der Waals surface area contributed by atoms with Crippen LogP contribution in [-0.4, -0.2) is 16.1 Å². The number of aryl methyl sites for hydroxylation is 1. The number of aromatic nitrogens is 2. The maximum atomic E-state index is 12.0. The number of nitrogens with one attached hydrogen (secondary N) is 1. The second-order valence-corrected chi connectivity index (χ2v) is 5.31. The standard InChI is InChI=1S/C14H14N4OS/c1-2-3-7-12-17-18-14(20-12)16-13(19)11-6-4-5-10(8-11)9-15/h4-6,8H,2-3,7H2,1H3,(H,16,18,19). The summed E-state index contributed by atoms with van der Waals surface area (Å²) in [6, 6.07) is 8.56. The Morgan fingerprint density at radius 3 is 3.05 bits per heavy atom. The predicted octanol–water partition coefficient (Wildman–Crippen LogP) is 3.00. The summed E-state index contributed by atoms with van der Waals surface area (Å²) in [7, 11) is 0. The van der Waals surface area contributed by atoms with E-state index in [0.29, 0.717) is 16.3 Å². The third kappa shape index (κ3) is 3.62. The molecule has 6 heteroatoms. The molecule has 0 aliphatic carbocycles. The number of benzene rings is 1. The van der Waals surface area contributed by atoms with Crippen molar-refractivity contribution in [1.29, 1.82) is 5.26 Å². The van der Waals surface area contributed by atoms with Crippen LogP contribution in [0.15, 0.2) is 24.3 Å². The lowest BCUT2D eigenvalue weighted by Crippen LogP contribution is -2.11. The van der Waals surface area contributed by atoms with Crippen LogP contribution in [0, 0.1) is 11.3 Å². The van der Waals surface area contributed by atoms with Gasteiger partial charge in [0.2, 0.25) is 5.13 Å². The van der Waals surface area contributed by atoms with Crippen molar-refractivity contribution in [3.8, 4) is 6.07 Å². The first-order chi connectivity index (χ1) is 9.72. The Hall–Kier alpha value is -2.26. The number of amides is 1. The van der Waals surface area contributed by atoms with Gasteiger partial charge in [-0.05, 0) is 24.6 Å². The largest absolute Gasteiger partial charge is 0.296 e. The van der Waals surface area contributed by atoms with E-state index in [4.69, 9.17) is 5.26 Å². The van der Waals surface area contributed by atoms with Gasteiger partial charge in [-0.25, -0.2) is 0 Å². The fourth-order valence-electron chi connectivity index (χ4n) is 1.63. The number of anilines is 1. The van der Waals surface area contributed by atoms with E-state index in [9.17, 15) is 4.79 Å². The number of rotatable bonds is 5. The first-order valence-electron chi connectivity index (χ1n) is 6.37. The molecule has 0 aliphatic rings. The smallest absolute Gasteiger partial charge is 0.257 e. The molecule has 102 valence electrons. The Morgan fingerprint density at radius 1 is 1.45 bits per heavy atom. The molecule has 1 aromatic carbocycles. The van der Waals surface area contributed by atoms with Crippen LogP contribution in [0.3, 0.4) is 0 Å². The van der Waals surface area contributed by atoms with Gasteiger partial charge in [0.25, 0.3) is 5.91 Å². The SMILES string of the molecule is CCCCc1nnc(NC(=O)c2cccc(C#N)c2)s1. The van der Waals surface area contributed by atoms with Gasteiger partial charge in [-0.15, -0.1) is 10.2 Å². The van der Waals surface area contributed by atoms with Crippen LogP contribution in [0.25, 0.3) is 0 Å². The normalized spacial score (nSPS) is 10.0. The lowest BCUT2D eigenvalue weighted by Gasteiger charge is -2.00. The first kappa shape index (κ1) is 14.2. The van der Waals surface area contributed by atoms with Crippen LogP contribution in [-0.2, 0) is 6.42 Å². The van der Waals surface area contributed by atoms with E-state index in [-0.39, 0.29) is 5.91 Å². The summed E-state index contributed by atoms with van der Waals surface area (Å²) in [5.41, 5.74) is 0.896. The molecule has 0 bridgehead atoms. The molecule has 0 spiro atoms. The number of carbonyl (C=O) groups excluding carboxylic acids is 1. The molecule has 0 fully saturated rings. The second-order valence-electron chi connectivity index (χ2n) is 4.25.